The Kier molecular flexibility index (Phi) is 6.31. The molecular weight excluding hydrogens is 449 g/mol. The van der Waals surface area contributed by atoms with E-state index in [0.29, 0.717) is 25.3 Å². The number of aliphatic hydroxyl groups is 1. The molecule has 182 valence electrons. The number of carbonyl (C=O) groups excluding carboxylic acids is 1. The van der Waals surface area contributed by atoms with Gasteiger partial charge in [-0.25, -0.2) is 14.4 Å². The number of hydrogen-bond acceptors (Lipinski definition) is 8. The van der Waals surface area contributed by atoms with Crippen molar-refractivity contribution in [3.8, 4) is 0 Å². The van der Waals surface area contributed by atoms with Gasteiger partial charge < -0.3 is 26.4 Å². The molecule has 5 N–H and O–H groups in total. The van der Waals surface area contributed by atoms with Crippen LogP contribution < -0.4 is 21.3 Å². The molecule has 2 aromatic heterocycles. The maximum absolute atomic E-state index is 14.4. The Morgan fingerprint density at radius 2 is 2.03 bits per heavy atom. The van der Waals surface area contributed by atoms with Crippen molar-refractivity contribution in [2.24, 2.45) is 0 Å². The lowest BCUT2D eigenvalue weighted by atomic mass is 9.77. The van der Waals surface area contributed by atoms with Crippen LogP contribution in [0.25, 0.3) is 0 Å². The number of amides is 1. The summed E-state index contributed by atoms with van der Waals surface area (Å²) in [5.74, 6) is -0.106. The molecule has 1 fully saturated rings. The first-order valence-corrected chi connectivity index (χ1v) is 11.9. The van der Waals surface area contributed by atoms with Crippen LogP contribution >= 0.6 is 0 Å². The quantitative estimate of drug-likeness (QED) is 0.351. The van der Waals surface area contributed by atoms with E-state index in [-0.39, 0.29) is 28.8 Å². The zero-order valence-electron chi connectivity index (χ0n) is 19.5. The first kappa shape index (κ1) is 23.1. The summed E-state index contributed by atoms with van der Waals surface area (Å²) in [6.07, 6.45) is 4.12. The largest absolute Gasteiger partial charge is 0.383 e. The Bertz CT molecular complexity index is 1260. The number of halogens is 1. The molecule has 0 atom stereocenters. The van der Waals surface area contributed by atoms with E-state index in [9.17, 15) is 14.3 Å². The van der Waals surface area contributed by atoms with E-state index >= 15 is 0 Å². The molecule has 0 saturated heterocycles. The van der Waals surface area contributed by atoms with Gasteiger partial charge >= 0.3 is 0 Å². The van der Waals surface area contributed by atoms with Crippen LogP contribution in [0.3, 0.4) is 0 Å². The smallest absolute Gasteiger partial charge is 0.256 e. The Morgan fingerprint density at radius 1 is 1.17 bits per heavy atom. The Hall–Kier alpha value is -3.63. The van der Waals surface area contributed by atoms with Crippen molar-refractivity contribution in [1.29, 1.82) is 0 Å². The van der Waals surface area contributed by atoms with Crippen molar-refractivity contribution in [3.63, 3.8) is 0 Å². The first-order chi connectivity index (χ1) is 16.9. The Balaban J connectivity index is 1.45. The third-order valence-electron chi connectivity index (χ3n) is 6.43. The molecule has 1 aliphatic heterocycles. The van der Waals surface area contributed by atoms with Crippen molar-refractivity contribution < 1.29 is 14.3 Å². The average molecular weight is 478 g/mol. The molecule has 0 radical (unpaired) electrons. The van der Waals surface area contributed by atoms with Gasteiger partial charge in [0, 0.05) is 25.0 Å². The second-order valence-electron chi connectivity index (χ2n) is 8.89. The summed E-state index contributed by atoms with van der Waals surface area (Å²) in [4.78, 5) is 25.8. The van der Waals surface area contributed by atoms with Crippen LogP contribution in [-0.2, 0) is 18.6 Å². The fourth-order valence-corrected chi connectivity index (χ4v) is 4.35. The third kappa shape index (κ3) is 4.80. The summed E-state index contributed by atoms with van der Waals surface area (Å²) in [6, 6.07) is 8.83. The second kappa shape index (κ2) is 9.55. The predicted molar refractivity (Wildman–Crippen MR) is 130 cm³/mol. The molecule has 1 saturated carbocycles. The van der Waals surface area contributed by atoms with Crippen molar-refractivity contribution in [3.05, 3.63) is 64.7 Å². The van der Waals surface area contributed by atoms with E-state index in [1.54, 1.807) is 0 Å². The van der Waals surface area contributed by atoms with E-state index in [4.69, 9.17) is 0 Å². The summed E-state index contributed by atoms with van der Waals surface area (Å²) in [5.41, 5.74) is 2.35. The first-order valence-electron chi connectivity index (χ1n) is 11.9. The fraction of sp³-hybridized carbons (Fsp3) is 0.360. The van der Waals surface area contributed by atoms with Gasteiger partial charge in [-0.05, 0) is 74.5 Å². The van der Waals surface area contributed by atoms with E-state index in [1.807, 2.05) is 13.0 Å². The van der Waals surface area contributed by atoms with Crippen LogP contribution in [0.2, 0.25) is 0 Å². The van der Waals surface area contributed by atoms with Gasteiger partial charge in [-0.1, -0.05) is 6.07 Å². The number of aromatic nitrogens is 3. The summed E-state index contributed by atoms with van der Waals surface area (Å²) in [7, 11) is 0. The van der Waals surface area contributed by atoms with E-state index in [0.717, 1.165) is 31.6 Å². The molecule has 35 heavy (non-hydrogen) atoms. The van der Waals surface area contributed by atoms with Crippen molar-refractivity contribution in [2.45, 2.75) is 44.8 Å². The Morgan fingerprint density at radius 3 is 2.80 bits per heavy atom. The maximum Gasteiger partial charge on any atom is 0.256 e. The number of pyridine rings is 1. The zero-order valence-corrected chi connectivity index (χ0v) is 19.5. The summed E-state index contributed by atoms with van der Waals surface area (Å²) >= 11 is 0. The standard InChI is InChI=1S/C25H28FN7O2/c1-2-28-23(34)18-14-29-24(30-17-5-4-16-13-27-11-8-15(16)12-17)33-22(18)32-20-7-6-19(26)21(31-20)25(35)9-3-10-25/h4-7,12,14,27,35H,2-3,8-11,13H2,1H3,(H,28,34)(H2,29,30,31,32,33). The van der Waals surface area contributed by atoms with Crippen LogP contribution in [0.4, 0.5) is 27.7 Å². The van der Waals surface area contributed by atoms with Crippen LogP contribution in [-0.4, -0.2) is 39.1 Å². The van der Waals surface area contributed by atoms with Crippen molar-refractivity contribution in [2.75, 3.05) is 23.7 Å². The Labute approximate surface area is 202 Å². The molecule has 10 heteroatoms. The average Bonchev–Trinajstić information content (AvgIpc) is 2.84. The van der Waals surface area contributed by atoms with E-state index < -0.39 is 11.4 Å². The molecule has 5 rings (SSSR count). The van der Waals surface area contributed by atoms with Crippen LogP contribution in [0.1, 0.15) is 53.4 Å². The SMILES string of the molecule is CCNC(=O)c1cnc(Nc2ccc3c(c2)CCNC3)nc1Nc1ccc(F)c(C2(O)CCC2)n1. The fourth-order valence-electron chi connectivity index (χ4n) is 4.35. The number of hydrogen-bond donors (Lipinski definition) is 5. The number of rotatable bonds is 7. The highest BCUT2D eigenvalue weighted by Gasteiger charge is 2.40. The van der Waals surface area contributed by atoms with E-state index in [2.05, 4.69) is 48.4 Å². The summed E-state index contributed by atoms with van der Waals surface area (Å²) in [6.45, 7) is 4.04. The van der Waals surface area contributed by atoms with Gasteiger partial charge in [0.1, 0.15) is 34.3 Å². The van der Waals surface area contributed by atoms with Gasteiger partial charge in [0.25, 0.3) is 5.91 Å². The normalized spacial score (nSPS) is 16.1. The number of nitrogens with one attached hydrogen (secondary N) is 4. The molecule has 9 nitrogen and oxygen atoms in total. The molecule has 3 aromatic rings. The number of carbonyl (C=O) groups is 1. The van der Waals surface area contributed by atoms with E-state index in [1.165, 1.54) is 29.5 Å². The molecule has 0 unspecified atom stereocenters. The van der Waals surface area contributed by atoms with Gasteiger partial charge in [-0.3, -0.25) is 4.79 Å². The van der Waals surface area contributed by atoms with Crippen LogP contribution in [0.5, 0.6) is 0 Å². The van der Waals surface area contributed by atoms with Crippen LogP contribution in [0.15, 0.2) is 36.5 Å². The maximum atomic E-state index is 14.4. The highest BCUT2D eigenvalue weighted by atomic mass is 19.1. The molecule has 1 amide bonds. The second-order valence-corrected chi connectivity index (χ2v) is 8.89. The van der Waals surface area contributed by atoms with Crippen molar-refractivity contribution in [1.82, 2.24) is 25.6 Å². The molecule has 3 heterocycles. The molecule has 0 bridgehead atoms. The predicted octanol–water partition coefficient (Wildman–Crippen LogP) is 3.26. The minimum absolute atomic E-state index is 0.00395. The minimum atomic E-state index is -1.26. The molecular formula is C25H28FN7O2. The lowest BCUT2D eigenvalue weighted by molar-refractivity contribution is -0.0455. The monoisotopic (exact) mass is 477 g/mol. The molecule has 1 aliphatic carbocycles. The number of benzene rings is 1. The van der Waals surface area contributed by atoms with Crippen LogP contribution in [0, 0.1) is 5.82 Å². The summed E-state index contributed by atoms with van der Waals surface area (Å²) in [5, 5.41) is 23.0. The minimum Gasteiger partial charge on any atom is -0.383 e. The lowest BCUT2D eigenvalue weighted by Crippen LogP contribution is -2.35. The molecule has 0 spiro atoms. The zero-order chi connectivity index (χ0) is 24.4. The highest BCUT2D eigenvalue weighted by molar-refractivity contribution is 5.99. The highest BCUT2D eigenvalue weighted by Crippen LogP contribution is 2.41. The van der Waals surface area contributed by atoms with Crippen molar-refractivity contribution >= 4 is 29.2 Å². The topological polar surface area (TPSA) is 124 Å². The van der Waals surface area contributed by atoms with Gasteiger partial charge in [-0.15, -0.1) is 0 Å². The third-order valence-corrected chi connectivity index (χ3v) is 6.43. The van der Waals surface area contributed by atoms with Gasteiger partial charge in [0.2, 0.25) is 5.95 Å². The number of nitrogens with zero attached hydrogens (tertiary/aromatic N) is 3. The molecule has 1 aromatic carbocycles. The molecule has 2 aliphatic rings. The van der Waals surface area contributed by atoms with Gasteiger partial charge in [0.05, 0.1) is 0 Å². The van der Waals surface area contributed by atoms with Gasteiger partial charge in [0.15, 0.2) is 0 Å². The number of anilines is 4. The summed E-state index contributed by atoms with van der Waals surface area (Å²) < 4.78 is 14.4. The van der Waals surface area contributed by atoms with Gasteiger partial charge in [-0.2, -0.15) is 4.98 Å². The number of fused-ring (bicyclic) bond motifs is 1. The lowest BCUT2D eigenvalue weighted by Gasteiger charge is -2.36.